The van der Waals surface area contributed by atoms with E-state index in [-0.39, 0.29) is 123 Å². The molecule has 2 aliphatic rings. The molecule has 0 bridgehead atoms. The number of nitrogens with one attached hydrogen (secondary N) is 2. The van der Waals surface area contributed by atoms with Gasteiger partial charge in [-0.15, -0.1) is 0 Å². The van der Waals surface area contributed by atoms with Crippen molar-refractivity contribution in [3.05, 3.63) is 30.7 Å². The number of rotatable bonds is 0. The zero-order chi connectivity index (χ0) is 17.8. The van der Waals surface area contributed by atoms with Crippen LogP contribution in [0, 0.1) is 21.3 Å². The van der Waals surface area contributed by atoms with E-state index in [2.05, 4.69) is 23.3 Å². The molecule has 0 aromatic rings. The topological polar surface area (TPSA) is 155 Å². The summed E-state index contributed by atoms with van der Waals surface area (Å²) in [4.78, 5) is 20.1. The molecule has 154 valence electrons. The van der Waals surface area contributed by atoms with Gasteiger partial charge < -0.3 is 40.3 Å². The number of hydrogen-bond acceptors (Lipinski definition) is 6. The van der Waals surface area contributed by atoms with Crippen LogP contribution in [0.3, 0.4) is 0 Å². The standard InChI is InChI=1S/2C3H7.2C2H4N2O3S.CH4.CH3.Na.2Y/c2*1-3-2;2*5-2-1-3-8(6,7)4-2;;;;;/h2*1,3H2,2H3;2*3H,1H2,(H,4,5);1H4;1H3;;;/q2*-1;;;;-1;+1;;/p-2. The van der Waals surface area contributed by atoms with Crippen LogP contribution in [-0.4, -0.2) is 41.7 Å². The fraction of sp³-hybridized carbons (Fsp3) is 0.583. The molecule has 27 heavy (non-hydrogen) atoms. The van der Waals surface area contributed by atoms with Gasteiger partial charge in [0, 0.05) is 65.4 Å². The first-order chi connectivity index (χ1) is 10.0. The maximum atomic E-state index is 10.1. The molecule has 2 heterocycles. The minimum atomic E-state index is -3.57. The molecule has 0 spiro atoms. The fourth-order valence-corrected chi connectivity index (χ4v) is 2.11. The van der Waals surface area contributed by atoms with Crippen LogP contribution in [0.2, 0.25) is 0 Å². The summed E-state index contributed by atoms with van der Waals surface area (Å²) < 4.78 is 49.9. The second-order valence-corrected chi connectivity index (χ2v) is 6.41. The summed E-state index contributed by atoms with van der Waals surface area (Å²) >= 11 is 0. The number of carbonyl (C=O) groups is 2. The Labute approximate surface area is 237 Å². The van der Waals surface area contributed by atoms with Crippen molar-refractivity contribution in [3.8, 4) is 0 Å². The Morgan fingerprint density at radius 3 is 1.07 bits per heavy atom. The number of nitrogens with zero attached hydrogens (tertiary/aromatic N) is 2. The van der Waals surface area contributed by atoms with E-state index in [0.717, 1.165) is 12.8 Å². The zero-order valence-corrected chi connectivity index (χ0v) is 24.9. The summed E-state index contributed by atoms with van der Waals surface area (Å²) in [5.41, 5.74) is 0. The summed E-state index contributed by atoms with van der Waals surface area (Å²) in [6.07, 6.45) is 2.00. The number of hydrogen-bond donors (Lipinski definition) is 2. The van der Waals surface area contributed by atoms with Crippen LogP contribution in [0.25, 0.3) is 9.44 Å². The Balaban J connectivity index is -0.0000000404. The minimum absolute atomic E-state index is 0. The maximum absolute atomic E-state index is 10.1. The van der Waals surface area contributed by atoms with Crippen molar-refractivity contribution in [2.45, 2.75) is 34.1 Å². The van der Waals surface area contributed by atoms with Gasteiger partial charge in [0.15, 0.2) is 20.4 Å². The quantitative estimate of drug-likeness (QED) is 0.247. The molecule has 2 aliphatic heterocycles. The monoisotopic (exact) mass is 588 g/mol. The van der Waals surface area contributed by atoms with Gasteiger partial charge in [0.05, 0.1) is 24.9 Å². The second kappa shape index (κ2) is 26.0. The van der Waals surface area contributed by atoms with Crippen LogP contribution in [0.5, 0.6) is 0 Å². The smallest absolute Gasteiger partial charge is 0.532 e. The van der Waals surface area contributed by atoms with Gasteiger partial charge >= 0.3 is 29.6 Å². The molecule has 15 heteroatoms. The van der Waals surface area contributed by atoms with Crippen molar-refractivity contribution in [2.75, 3.05) is 13.1 Å². The fourth-order valence-electron chi connectivity index (χ4n) is 0.703. The van der Waals surface area contributed by atoms with Crippen molar-refractivity contribution >= 4 is 32.2 Å². The third-order valence-corrected chi connectivity index (χ3v) is 3.16. The third kappa shape index (κ3) is 32.8. The molecule has 2 N–H and O–H groups in total. The summed E-state index contributed by atoms with van der Waals surface area (Å²) in [5.74, 6) is -1.27. The van der Waals surface area contributed by atoms with E-state index < -0.39 is 32.2 Å². The van der Waals surface area contributed by atoms with Crippen molar-refractivity contribution in [1.29, 1.82) is 0 Å². The Morgan fingerprint density at radius 2 is 1.04 bits per heavy atom. The number of carbonyl (C=O) groups excluding carboxylic acids is 2. The molecule has 0 saturated carbocycles. The first-order valence-electron chi connectivity index (χ1n) is 6.12. The molecular formula is C12H27N4NaO6S2Y2-4. The van der Waals surface area contributed by atoms with E-state index >= 15 is 0 Å². The van der Waals surface area contributed by atoms with Crippen LogP contribution in [-0.2, 0) is 95.4 Å². The largest absolute Gasteiger partial charge is 1.00 e. The van der Waals surface area contributed by atoms with E-state index in [1.54, 1.807) is 0 Å². The van der Waals surface area contributed by atoms with Gasteiger partial charge in [-0.2, -0.15) is 12.8 Å². The Hall–Kier alpha value is 1.97. The summed E-state index contributed by atoms with van der Waals surface area (Å²) in [6, 6.07) is 0. The molecule has 0 unspecified atom stereocenters. The molecular weight excluding hydrogens is 561 g/mol. The van der Waals surface area contributed by atoms with E-state index in [9.17, 15) is 26.4 Å². The average Bonchev–Trinajstić information content (AvgIpc) is 2.83. The van der Waals surface area contributed by atoms with Gasteiger partial charge in [-0.05, 0) is 0 Å². The molecule has 2 fully saturated rings. The summed E-state index contributed by atoms with van der Waals surface area (Å²) in [5, 5.41) is 0. The molecule has 10 nitrogen and oxygen atoms in total. The van der Waals surface area contributed by atoms with E-state index in [1.165, 1.54) is 0 Å². The predicted molar refractivity (Wildman–Crippen MR) is 95.0 cm³/mol. The Bertz CT molecular complexity index is 512. The van der Waals surface area contributed by atoms with Crippen molar-refractivity contribution in [1.82, 2.24) is 9.44 Å². The van der Waals surface area contributed by atoms with Gasteiger partial charge in [0.2, 0.25) is 0 Å². The van der Waals surface area contributed by atoms with Gasteiger partial charge in [-0.3, -0.25) is 0 Å². The second-order valence-electron chi connectivity index (χ2n) is 3.56. The van der Waals surface area contributed by atoms with E-state index in [4.69, 9.17) is 0 Å². The first-order valence-corrected chi connectivity index (χ1v) is 9.00. The maximum Gasteiger partial charge on any atom is 1.00 e. The molecule has 0 aromatic heterocycles. The van der Waals surface area contributed by atoms with Gasteiger partial charge in [-0.1, -0.05) is 21.3 Å². The minimum Gasteiger partial charge on any atom is -0.532 e. The molecule has 2 rings (SSSR count). The molecule has 0 aliphatic carbocycles. The predicted octanol–water partition coefficient (Wildman–Crippen LogP) is -1.98. The van der Waals surface area contributed by atoms with Crippen molar-refractivity contribution in [3.63, 3.8) is 0 Å². The summed E-state index contributed by atoms with van der Waals surface area (Å²) in [7, 11) is -7.14. The van der Waals surface area contributed by atoms with Gasteiger partial charge in [0.25, 0.3) is 0 Å². The summed E-state index contributed by atoms with van der Waals surface area (Å²) in [6.45, 7) is 10.6. The van der Waals surface area contributed by atoms with Crippen molar-refractivity contribution in [2.24, 2.45) is 0 Å². The van der Waals surface area contributed by atoms with Crippen LogP contribution in [0.4, 0.5) is 0 Å². The van der Waals surface area contributed by atoms with Crippen LogP contribution in [0.1, 0.15) is 34.1 Å². The SMILES string of the molecule is C.O=C1CNS(=O)(=O)[N-]1.O=C1CNS(=O)(=O)[N-]1.[CH2-]CC.[CH2-]CC.[CH3-].[Na+].[Y].[Y]. The van der Waals surface area contributed by atoms with Crippen LogP contribution >= 0.6 is 0 Å². The van der Waals surface area contributed by atoms with Crippen LogP contribution in [0.15, 0.2) is 0 Å². The molecule has 2 saturated heterocycles. The Morgan fingerprint density at radius 1 is 0.852 bits per heavy atom. The number of amides is 2. The average molecular weight is 588 g/mol. The molecule has 2 radical (unpaired) electrons. The normalized spacial score (nSPS) is 16.3. The third-order valence-electron chi connectivity index (χ3n) is 1.26. The zero-order valence-electron chi connectivity index (χ0n) is 15.6. The van der Waals surface area contributed by atoms with Gasteiger partial charge in [0.1, 0.15) is 0 Å². The molecule has 0 aromatic carbocycles. The van der Waals surface area contributed by atoms with Crippen LogP contribution < -0.4 is 39.0 Å². The molecule has 0 atom stereocenters. The van der Waals surface area contributed by atoms with Crippen molar-refractivity contribution < 1.29 is 121 Å². The Kier molecular flexibility index (Phi) is 45.2. The van der Waals surface area contributed by atoms with E-state index in [0.29, 0.717) is 0 Å². The van der Waals surface area contributed by atoms with E-state index in [1.807, 2.05) is 23.3 Å². The molecule has 2 amide bonds. The van der Waals surface area contributed by atoms with Gasteiger partial charge in [-0.25, -0.2) is 26.3 Å². The first kappa shape index (κ1) is 47.0.